The van der Waals surface area contributed by atoms with E-state index in [-0.39, 0.29) is 23.9 Å². The average molecular weight is 385 g/mol. The van der Waals surface area contributed by atoms with Gasteiger partial charge in [-0.3, -0.25) is 4.79 Å². The van der Waals surface area contributed by atoms with Gasteiger partial charge in [-0.2, -0.15) is 0 Å². The number of carbonyl (C=O) groups is 2. The maximum absolute atomic E-state index is 12.9. The summed E-state index contributed by atoms with van der Waals surface area (Å²) in [6, 6.07) is 1.17. The maximum atomic E-state index is 12.9. The zero-order valence-electron chi connectivity index (χ0n) is 15.1. The number of nitrogens with one attached hydrogen (secondary N) is 1. The zero-order valence-corrected chi connectivity index (χ0v) is 15.9. The Morgan fingerprint density at radius 2 is 1.96 bits per heavy atom. The quantitative estimate of drug-likeness (QED) is 0.796. The molecule has 2 saturated heterocycles. The molecule has 144 valence electrons. The molecule has 26 heavy (non-hydrogen) atoms. The van der Waals surface area contributed by atoms with Crippen molar-refractivity contribution >= 4 is 24.3 Å². The third kappa shape index (κ3) is 3.94. The van der Waals surface area contributed by atoms with Crippen LogP contribution in [0, 0.1) is 6.92 Å². The molecule has 1 amide bonds. The van der Waals surface area contributed by atoms with Crippen LogP contribution < -0.4 is 10.9 Å². The monoisotopic (exact) mass is 384 g/mol. The predicted octanol–water partition coefficient (Wildman–Crippen LogP) is 1.61. The van der Waals surface area contributed by atoms with Crippen LogP contribution in [0.5, 0.6) is 0 Å². The SMILES string of the molecule is COC(=O)C1CCCN1C(=O)c1c(C)cc(C2CCNCC2)oc1=O.Cl. The molecular formula is C18H25ClN2O5. The second kappa shape index (κ2) is 8.68. The van der Waals surface area contributed by atoms with E-state index in [1.54, 1.807) is 13.0 Å². The number of esters is 1. The highest BCUT2D eigenvalue weighted by atomic mass is 35.5. The van der Waals surface area contributed by atoms with Gasteiger partial charge in [0.1, 0.15) is 17.4 Å². The number of carbonyl (C=O) groups excluding carboxylic acids is 2. The Labute approximate surface area is 158 Å². The number of ether oxygens (including phenoxy) is 1. The summed E-state index contributed by atoms with van der Waals surface area (Å²) in [5.41, 5.74) is 0.00725. The molecule has 0 radical (unpaired) electrons. The van der Waals surface area contributed by atoms with Gasteiger partial charge in [-0.15, -0.1) is 12.4 Å². The molecule has 1 unspecified atom stereocenters. The van der Waals surface area contributed by atoms with Gasteiger partial charge in [0.2, 0.25) is 0 Å². The molecule has 0 bridgehead atoms. The molecule has 2 fully saturated rings. The summed E-state index contributed by atoms with van der Waals surface area (Å²) in [5.74, 6) is -0.0480. The van der Waals surface area contributed by atoms with Gasteiger partial charge in [0, 0.05) is 12.5 Å². The fourth-order valence-corrected chi connectivity index (χ4v) is 3.73. The van der Waals surface area contributed by atoms with E-state index in [1.165, 1.54) is 12.0 Å². The highest BCUT2D eigenvalue weighted by Crippen LogP contribution is 2.27. The summed E-state index contributed by atoms with van der Waals surface area (Å²) >= 11 is 0. The molecule has 1 N–H and O–H groups in total. The Bertz CT molecular complexity index is 727. The number of rotatable bonds is 3. The van der Waals surface area contributed by atoms with Gasteiger partial charge in [-0.1, -0.05) is 0 Å². The first-order valence-electron chi connectivity index (χ1n) is 8.77. The lowest BCUT2D eigenvalue weighted by Gasteiger charge is -2.24. The molecule has 2 aliphatic rings. The van der Waals surface area contributed by atoms with Crippen molar-refractivity contribution in [3.63, 3.8) is 0 Å². The molecule has 0 saturated carbocycles. The van der Waals surface area contributed by atoms with Crippen LogP contribution in [0.25, 0.3) is 0 Å². The number of likely N-dealkylation sites (tertiary alicyclic amines) is 1. The van der Waals surface area contributed by atoms with Gasteiger partial charge in [-0.25, -0.2) is 9.59 Å². The van der Waals surface area contributed by atoms with Gasteiger partial charge in [-0.05, 0) is 57.3 Å². The predicted molar refractivity (Wildman–Crippen MR) is 97.9 cm³/mol. The van der Waals surface area contributed by atoms with E-state index in [4.69, 9.17) is 9.15 Å². The van der Waals surface area contributed by atoms with Crippen molar-refractivity contribution in [1.29, 1.82) is 0 Å². The minimum Gasteiger partial charge on any atom is -0.467 e. The van der Waals surface area contributed by atoms with E-state index in [0.29, 0.717) is 30.7 Å². The molecule has 0 aliphatic carbocycles. The van der Waals surface area contributed by atoms with Crippen molar-refractivity contribution in [1.82, 2.24) is 10.2 Å². The van der Waals surface area contributed by atoms with Crippen LogP contribution in [0.2, 0.25) is 0 Å². The molecule has 3 heterocycles. The lowest BCUT2D eigenvalue weighted by atomic mass is 9.94. The molecule has 0 aromatic carbocycles. The Morgan fingerprint density at radius 1 is 1.27 bits per heavy atom. The Hall–Kier alpha value is -1.86. The normalized spacial score (nSPS) is 20.5. The maximum Gasteiger partial charge on any atom is 0.349 e. The van der Waals surface area contributed by atoms with Crippen LogP contribution in [0.3, 0.4) is 0 Å². The van der Waals surface area contributed by atoms with Crippen LogP contribution in [0.1, 0.15) is 53.3 Å². The highest BCUT2D eigenvalue weighted by molar-refractivity contribution is 5.97. The molecule has 0 spiro atoms. The summed E-state index contributed by atoms with van der Waals surface area (Å²) in [5, 5.41) is 3.28. The van der Waals surface area contributed by atoms with Crippen LogP contribution in [0.4, 0.5) is 0 Å². The third-order valence-corrected chi connectivity index (χ3v) is 5.11. The second-order valence-electron chi connectivity index (χ2n) is 6.70. The first kappa shape index (κ1) is 20.5. The van der Waals surface area contributed by atoms with Gasteiger partial charge >= 0.3 is 11.6 Å². The lowest BCUT2D eigenvalue weighted by molar-refractivity contribution is -0.145. The van der Waals surface area contributed by atoms with Crippen molar-refractivity contribution in [3.05, 3.63) is 33.4 Å². The molecule has 1 aromatic heterocycles. The zero-order chi connectivity index (χ0) is 18.0. The van der Waals surface area contributed by atoms with Crippen molar-refractivity contribution in [2.24, 2.45) is 0 Å². The summed E-state index contributed by atoms with van der Waals surface area (Å²) in [7, 11) is 1.30. The topological polar surface area (TPSA) is 88.8 Å². The van der Waals surface area contributed by atoms with E-state index >= 15 is 0 Å². The van der Waals surface area contributed by atoms with Gasteiger partial charge in [0.15, 0.2) is 0 Å². The highest BCUT2D eigenvalue weighted by Gasteiger charge is 2.37. The molecule has 3 rings (SSSR count). The third-order valence-electron chi connectivity index (χ3n) is 5.11. The molecule has 1 atom stereocenters. The van der Waals surface area contributed by atoms with E-state index in [9.17, 15) is 14.4 Å². The van der Waals surface area contributed by atoms with E-state index < -0.39 is 23.5 Å². The number of hydrogen-bond donors (Lipinski definition) is 1. The van der Waals surface area contributed by atoms with Gasteiger partial charge in [0.25, 0.3) is 5.91 Å². The van der Waals surface area contributed by atoms with E-state index in [1.807, 2.05) is 0 Å². The number of nitrogens with zero attached hydrogens (tertiary/aromatic N) is 1. The molecule has 1 aromatic rings. The van der Waals surface area contributed by atoms with Gasteiger partial charge < -0.3 is 19.4 Å². The first-order valence-corrected chi connectivity index (χ1v) is 8.77. The minimum atomic E-state index is -0.625. The Balaban J connectivity index is 0.00000243. The standard InChI is InChI=1S/C18H24N2O5.ClH/c1-11-10-14(12-5-7-19-8-6-12)25-18(23)15(11)16(21)20-9-3-4-13(20)17(22)24-2;/h10,12-13,19H,3-9H2,1-2H3;1H. The number of amides is 1. The number of methoxy groups -OCH3 is 1. The largest absolute Gasteiger partial charge is 0.467 e. The van der Waals surface area contributed by atoms with Crippen LogP contribution in [-0.2, 0) is 9.53 Å². The smallest absolute Gasteiger partial charge is 0.349 e. The van der Waals surface area contributed by atoms with Crippen molar-refractivity contribution in [3.8, 4) is 0 Å². The van der Waals surface area contributed by atoms with Crippen LogP contribution in [0.15, 0.2) is 15.3 Å². The molecule has 2 aliphatic heterocycles. The van der Waals surface area contributed by atoms with Crippen molar-refractivity contribution < 1.29 is 18.7 Å². The average Bonchev–Trinajstić information content (AvgIpc) is 3.10. The number of hydrogen-bond acceptors (Lipinski definition) is 6. The minimum absolute atomic E-state index is 0. The molecule has 7 nitrogen and oxygen atoms in total. The fraction of sp³-hybridized carbons (Fsp3) is 0.611. The number of piperidine rings is 1. The number of aryl methyl sites for hydroxylation is 1. The second-order valence-corrected chi connectivity index (χ2v) is 6.70. The summed E-state index contributed by atoms with van der Waals surface area (Å²) in [6.07, 6.45) is 3.08. The first-order chi connectivity index (χ1) is 12.0. The Kier molecular flexibility index (Phi) is 6.83. The van der Waals surface area contributed by atoms with E-state index in [0.717, 1.165) is 25.9 Å². The van der Waals surface area contributed by atoms with Crippen molar-refractivity contribution in [2.75, 3.05) is 26.7 Å². The van der Waals surface area contributed by atoms with Gasteiger partial charge in [0.05, 0.1) is 7.11 Å². The molecular weight excluding hydrogens is 360 g/mol. The fourth-order valence-electron chi connectivity index (χ4n) is 3.73. The van der Waals surface area contributed by atoms with Crippen molar-refractivity contribution in [2.45, 2.75) is 44.6 Å². The summed E-state index contributed by atoms with van der Waals surface area (Å²) in [6.45, 7) is 3.97. The molecule has 8 heteroatoms. The summed E-state index contributed by atoms with van der Waals surface area (Å²) < 4.78 is 10.3. The Morgan fingerprint density at radius 3 is 2.58 bits per heavy atom. The summed E-state index contributed by atoms with van der Waals surface area (Å²) in [4.78, 5) is 38.6. The van der Waals surface area contributed by atoms with Crippen LogP contribution in [-0.4, -0.2) is 49.6 Å². The lowest BCUT2D eigenvalue weighted by Crippen LogP contribution is -2.43. The number of halogens is 1. The van der Waals surface area contributed by atoms with Crippen LogP contribution >= 0.6 is 12.4 Å². The van der Waals surface area contributed by atoms with E-state index in [2.05, 4.69) is 5.32 Å².